The van der Waals surface area contributed by atoms with Crippen LogP contribution in [0.4, 0.5) is 0 Å². The molecule has 1 unspecified atom stereocenters. The molecule has 20 heavy (non-hydrogen) atoms. The average Bonchev–Trinajstić information content (AvgIpc) is 2.94. The molecule has 0 spiro atoms. The van der Waals surface area contributed by atoms with E-state index in [1.807, 2.05) is 24.3 Å². The van der Waals surface area contributed by atoms with Crippen molar-refractivity contribution in [2.24, 2.45) is 0 Å². The van der Waals surface area contributed by atoms with Gasteiger partial charge in [-0.25, -0.2) is 0 Å². The Morgan fingerprint density at radius 3 is 3.00 bits per heavy atom. The topological polar surface area (TPSA) is 29.5 Å². The van der Waals surface area contributed by atoms with Crippen LogP contribution in [0.25, 0.3) is 0 Å². The van der Waals surface area contributed by atoms with E-state index in [1.54, 1.807) is 7.11 Å². The molecule has 1 heterocycles. The van der Waals surface area contributed by atoms with E-state index in [2.05, 4.69) is 20.8 Å². The second-order valence-corrected chi connectivity index (χ2v) is 6.00. The third-order valence-corrected chi connectivity index (χ3v) is 4.46. The van der Waals surface area contributed by atoms with Crippen LogP contribution in [0.15, 0.2) is 24.3 Å². The molecular formula is C16H22BrNO2. The molecule has 2 rings (SSSR count). The molecule has 3 nitrogen and oxygen atoms in total. The van der Waals surface area contributed by atoms with Crippen molar-refractivity contribution in [3.63, 3.8) is 0 Å². The predicted molar refractivity (Wildman–Crippen MR) is 84.5 cm³/mol. The molecule has 1 aliphatic heterocycles. The van der Waals surface area contributed by atoms with E-state index in [4.69, 9.17) is 4.74 Å². The Bertz CT molecular complexity index is 450. The Balaban J connectivity index is 2.00. The fourth-order valence-corrected chi connectivity index (χ4v) is 3.21. The molecule has 0 aliphatic carbocycles. The Labute approximate surface area is 129 Å². The van der Waals surface area contributed by atoms with Crippen LogP contribution in [-0.4, -0.2) is 35.8 Å². The van der Waals surface area contributed by atoms with Crippen molar-refractivity contribution in [3.05, 3.63) is 29.8 Å². The summed E-state index contributed by atoms with van der Waals surface area (Å²) in [5.41, 5.74) is 0.978. The fraction of sp³-hybridized carbons (Fsp3) is 0.562. The van der Waals surface area contributed by atoms with E-state index < -0.39 is 0 Å². The highest BCUT2D eigenvalue weighted by Gasteiger charge is 2.28. The van der Waals surface area contributed by atoms with E-state index in [1.165, 1.54) is 0 Å². The number of ether oxygens (including phenoxy) is 1. The largest absolute Gasteiger partial charge is 0.496 e. The number of likely N-dealkylation sites (tertiary alicyclic amines) is 1. The lowest BCUT2D eigenvalue weighted by atomic mass is 10.1. The van der Waals surface area contributed by atoms with Crippen molar-refractivity contribution in [3.8, 4) is 5.75 Å². The van der Waals surface area contributed by atoms with Gasteiger partial charge in [-0.2, -0.15) is 0 Å². The maximum Gasteiger partial charge on any atom is 0.227 e. The van der Waals surface area contributed by atoms with Gasteiger partial charge in [-0.05, 0) is 31.7 Å². The summed E-state index contributed by atoms with van der Waals surface area (Å²) in [6, 6.07) is 8.20. The van der Waals surface area contributed by atoms with Gasteiger partial charge < -0.3 is 9.64 Å². The lowest BCUT2D eigenvalue weighted by Gasteiger charge is -2.25. The zero-order valence-electron chi connectivity index (χ0n) is 12.0. The van der Waals surface area contributed by atoms with Gasteiger partial charge >= 0.3 is 0 Å². The Hall–Kier alpha value is -1.03. The number of hydrogen-bond acceptors (Lipinski definition) is 2. The third kappa shape index (κ3) is 3.75. The molecule has 1 amide bonds. The van der Waals surface area contributed by atoms with Gasteiger partial charge in [0, 0.05) is 23.5 Å². The highest BCUT2D eigenvalue weighted by Crippen LogP contribution is 2.24. The monoisotopic (exact) mass is 339 g/mol. The SMILES string of the molecule is COc1ccccc1CC(=O)N1CCCC1CCCBr. The minimum Gasteiger partial charge on any atom is -0.496 e. The van der Waals surface area contributed by atoms with Crippen molar-refractivity contribution in [1.82, 2.24) is 4.90 Å². The van der Waals surface area contributed by atoms with Gasteiger partial charge in [-0.15, -0.1) is 0 Å². The lowest BCUT2D eigenvalue weighted by molar-refractivity contribution is -0.131. The molecule has 110 valence electrons. The van der Waals surface area contributed by atoms with E-state index in [0.29, 0.717) is 12.5 Å². The maximum atomic E-state index is 12.5. The van der Waals surface area contributed by atoms with Crippen LogP contribution < -0.4 is 4.74 Å². The van der Waals surface area contributed by atoms with E-state index in [9.17, 15) is 4.79 Å². The lowest BCUT2D eigenvalue weighted by Crippen LogP contribution is -2.36. The van der Waals surface area contributed by atoms with Gasteiger partial charge in [0.1, 0.15) is 5.75 Å². The molecule has 1 saturated heterocycles. The third-order valence-electron chi connectivity index (χ3n) is 3.90. The van der Waals surface area contributed by atoms with Crippen LogP contribution in [0.1, 0.15) is 31.2 Å². The minimum atomic E-state index is 0.228. The zero-order chi connectivity index (χ0) is 14.4. The first kappa shape index (κ1) is 15.4. The molecule has 1 aliphatic rings. The molecule has 0 saturated carbocycles. The van der Waals surface area contributed by atoms with Crippen LogP contribution >= 0.6 is 15.9 Å². The number of amides is 1. The Morgan fingerprint density at radius 2 is 2.25 bits per heavy atom. The molecule has 1 atom stereocenters. The normalized spacial score (nSPS) is 18.3. The minimum absolute atomic E-state index is 0.228. The second kappa shape index (κ2) is 7.67. The highest BCUT2D eigenvalue weighted by atomic mass is 79.9. The molecule has 0 radical (unpaired) electrons. The molecule has 0 bridgehead atoms. The fourth-order valence-electron chi connectivity index (χ4n) is 2.89. The van der Waals surface area contributed by atoms with Crippen LogP contribution in [0.3, 0.4) is 0 Å². The maximum absolute atomic E-state index is 12.5. The number of hydrogen-bond donors (Lipinski definition) is 0. The van der Waals surface area contributed by atoms with E-state index >= 15 is 0 Å². The summed E-state index contributed by atoms with van der Waals surface area (Å²) in [6.07, 6.45) is 4.94. The van der Waals surface area contributed by atoms with Gasteiger partial charge in [0.15, 0.2) is 0 Å². The van der Waals surface area contributed by atoms with Gasteiger partial charge in [0.25, 0.3) is 0 Å². The molecule has 1 aromatic rings. The number of carbonyl (C=O) groups is 1. The van der Waals surface area contributed by atoms with Crippen molar-refractivity contribution >= 4 is 21.8 Å². The molecule has 1 fully saturated rings. The number of benzene rings is 1. The first-order valence-electron chi connectivity index (χ1n) is 7.23. The Morgan fingerprint density at radius 1 is 1.45 bits per heavy atom. The summed E-state index contributed by atoms with van der Waals surface area (Å²) in [6.45, 7) is 0.904. The van der Waals surface area contributed by atoms with E-state index in [-0.39, 0.29) is 5.91 Å². The molecular weight excluding hydrogens is 318 g/mol. The van der Waals surface area contributed by atoms with Crippen molar-refractivity contribution in [1.29, 1.82) is 0 Å². The van der Waals surface area contributed by atoms with E-state index in [0.717, 1.165) is 48.9 Å². The van der Waals surface area contributed by atoms with Gasteiger partial charge in [-0.1, -0.05) is 34.1 Å². The molecule has 4 heteroatoms. The van der Waals surface area contributed by atoms with Gasteiger partial charge in [-0.3, -0.25) is 4.79 Å². The number of carbonyl (C=O) groups excluding carboxylic acids is 1. The summed E-state index contributed by atoms with van der Waals surface area (Å²) in [7, 11) is 1.65. The zero-order valence-corrected chi connectivity index (χ0v) is 13.6. The van der Waals surface area contributed by atoms with Gasteiger partial charge in [0.2, 0.25) is 5.91 Å². The van der Waals surface area contributed by atoms with Crippen LogP contribution in [0, 0.1) is 0 Å². The van der Waals surface area contributed by atoms with Crippen molar-refractivity contribution < 1.29 is 9.53 Å². The summed E-state index contributed by atoms with van der Waals surface area (Å²) < 4.78 is 5.32. The van der Waals surface area contributed by atoms with Crippen molar-refractivity contribution in [2.75, 3.05) is 19.0 Å². The van der Waals surface area contributed by atoms with Crippen LogP contribution in [0.5, 0.6) is 5.75 Å². The number of rotatable bonds is 6. The number of methoxy groups -OCH3 is 1. The Kier molecular flexibility index (Phi) is 5.89. The summed E-state index contributed by atoms with van der Waals surface area (Å²) in [5, 5.41) is 1.01. The van der Waals surface area contributed by atoms with Crippen molar-refractivity contribution in [2.45, 2.75) is 38.1 Å². The molecule has 0 N–H and O–H groups in total. The smallest absolute Gasteiger partial charge is 0.227 e. The standard InChI is InChI=1S/C16H22BrNO2/c1-20-15-9-3-2-6-13(15)12-16(19)18-11-5-8-14(18)7-4-10-17/h2-3,6,9,14H,4-5,7-8,10-12H2,1H3. The number of alkyl halides is 1. The highest BCUT2D eigenvalue weighted by molar-refractivity contribution is 9.09. The summed E-state index contributed by atoms with van der Waals surface area (Å²) in [5.74, 6) is 1.03. The average molecular weight is 340 g/mol. The van der Waals surface area contributed by atoms with Gasteiger partial charge in [0.05, 0.1) is 13.5 Å². The molecule has 1 aromatic carbocycles. The summed E-state index contributed by atoms with van der Waals surface area (Å²) in [4.78, 5) is 14.6. The number of halogens is 1. The number of nitrogens with zero attached hydrogens (tertiary/aromatic N) is 1. The summed E-state index contributed by atoms with van der Waals surface area (Å²) >= 11 is 3.47. The first-order chi connectivity index (χ1) is 9.76. The van der Waals surface area contributed by atoms with Crippen LogP contribution in [0.2, 0.25) is 0 Å². The second-order valence-electron chi connectivity index (χ2n) is 5.20. The number of para-hydroxylation sites is 1. The molecule has 0 aromatic heterocycles. The van der Waals surface area contributed by atoms with Crippen LogP contribution in [-0.2, 0) is 11.2 Å². The quantitative estimate of drug-likeness (QED) is 0.743. The predicted octanol–water partition coefficient (Wildman–Crippen LogP) is 3.40. The first-order valence-corrected chi connectivity index (χ1v) is 8.35.